The van der Waals surface area contributed by atoms with E-state index < -0.39 is 49.2 Å². The Hall–Kier alpha value is -5.32. The first-order chi connectivity index (χ1) is 32.4. The molecule has 0 unspecified atom stereocenters. The van der Waals surface area contributed by atoms with Gasteiger partial charge in [-0.25, -0.2) is 8.78 Å². The van der Waals surface area contributed by atoms with Crippen LogP contribution >= 0.6 is 0 Å². The molecule has 4 N–H and O–H groups in total. The van der Waals surface area contributed by atoms with Crippen LogP contribution < -0.4 is 20.0 Å². The number of fused-ring (bicyclic) bond motifs is 2. The number of carboxylic acids is 2. The van der Waals surface area contributed by atoms with Crippen molar-refractivity contribution in [1.29, 1.82) is 0 Å². The van der Waals surface area contributed by atoms with Crippen LogP contribution in [0.2, 0.25) is 0 Å². The number of carboxylic acid groups (broad SMARTS) is 2. The molecule has 2 aliphatic carbocycles. The maximum absolute atomic E-state index is 14.3. The summed E-state index contributed by atoms with van der Waals surface area (Å²) in [5.74, 6) is -2.93. The molecule has 2 heterocycles. The molecule has 2 aliphatic rings. The maximum atomic E-state index is 14.3. The largest absolute Gasteiger partial charge is 2.00 e. The zero-order chi connectivity index (χ0) is 48.8. The molecule has 12 nitrogen and oxygen atoms in total. The number of halogens is 2. The van der Waals surface area contributed by atoms with Gasteiger partial charge in [-0.2, -0.15) is 0 Å². The van der Waals surface area contributed by atoms with Crippen molar-refractivity contribution in [3.8, 4) is 0 Å². The van der Waals surface area contributed by atoms with Crippen LogP contribution in [0.25, 0.3) is 34.0 Å². The molecule has 8 rings (SSSR count). The van der Waals surface area contributed by atoms with Crippen molar-refractivity contribution in [3.63, 3.8) is 0 Å². The predicted molar refractivity (Wildman–Crippen MR) is 262 cm³/mol. The van der Waals surface area contributed by atoms with Gasteiger partial charge in [0.15, 0.2) is 0 Å². The molecule has 69 heavy (non-hydrogen) atoms. The monoisotopic (exact) mass is 966 g/mol. The summed E-state index contributed by atoms with van der Waals surface area (Å²) in [6.07, 6.45) is 4.63. The number of aliphatic hydroxyl groups is 4. The van der Waals surface area contributed by atoms with Gasteiger partial charge in [0.2, 0.25) is 0 Å². The van der Waals surface area contributed by atoms with Crippen LogP contribution in [0.4, 0.5) is 31.5 Å². The van der Waals surface area contributed by atoms with E-state index in [-0.39, 0.29) is 74.1 Å². The second kappa shape index (κ2) is 23.5. The summed E-state index contributed by atoms with van der Waals surface area (Å²) in [5.41, 5.74) is 10.3. The first kappa shape index (κ1) is 53.0. The normalized spacial score (nSPS) is 15.3. The number of aryl methyl sites for hydroxylation is 2. The molecule has 15 heteroatoms. The topological polar surface area (TPSA) is 193 Å². The summed E-state index contributed by atoms with van der Waals surface area (Å²) in [4.78, 5) is 35.1. The summed E-state index contributed by atoms with van der Waals surface area (Å²) in [6.45, 7) is 4.02. The number of hydrogen-bond acceptors (Lipinski definition) is 12. The second-order valence-corrected chi connectivity index (χ2v) is 18.0. The van der Waals surface area contributed by atoms with Gasteiger partial charge in [0, 0.05) is 96.8 Å². The third-order valence-electron chi connectivity index (χ3n) is 12.2. The Labute approximate surface area is 430 Å². The first-order valence-electron chi connectivity index (χ1n) is 22.8. The Morgan fingerprint density at radius 2 is 0.971 bits per heavy atom. The smallest absolute Gasteiger partial charge is 0.550 e. The summed E-state index contributed by atoms with van der Waals surface area (Å²) >= 11 is 0. The van der Waals surface area contributed by atoms with Crippen molar-refractivity contribution in [3.05, 3.63) is 142 Å². The van der Waals surface area contributed by atoms with Crippen LogP contribution in [0.5, 0.6) is 0 Å². The predicted octanol–water partition coefficient (Wildman–Crippen LogP) is 6.80. The molecular weight excluding hydrogens is 911 g/mol. The van der Waals surface area contributed by atoms with Crippen LogP contribution in [0.1, 0.15) is 96.8 Å². The minimum atomic E-state index is -1.37. The van der Waals surface area contributed by atoms with Gasteiger partial charge in [-0.15, -0.1) is 0 Å². The van der Waals surface area contributed by atoms with Crippen molar-refractivity contribution in [2.45, 2.75) is 101 Å². The van der Waals surface area contributed by atoms with E-state index in [0.29, 0.717) is 21.8 Å². The van der Waals surface area contributed by atoms with E-state index in [0.717, 1.165) is 82.1 Å². The molecule has 4 aromatic carbocycles. The average molecular weight is 967 g/mol. The van der Waals surface area contributed by atoms with Gasteiger partial charge in [-0.05, 0) is 100 Å². The van der Waals surface area contributed by atoms with Crippen LogP contribution in [-0.4, -0.2) is 119 Å². The van der Waals surface area contributed by atoms with Gasteiger partial charge in [0.1, 0.15) is 11.6 Å². The number of aliphatic hydroxyl groups excluding tert-OH is 4. The summed E-state index contributed by atoms with van der Waals surface area (Å²) in [6, 6.07) is 25.1. The fourth-order valence-corrected chi connectivity index (χ4v) is 8.37. The zero-order valence-corrected chi connectivity index (χ0v) is 41.4. The van der Waals surface area contributed by atoms with E-state index in [4.69, 9.17) is 9.97 Å². The summed E-state index contributed by atoms with van der Waals surface area (Å²) in [5, 5.41) is 63.3. The van der Waals surface area contributed by atoms with E-state index in [1.165, 1.54) is 36.4 Å². The van der Waals surface area contributed by atoms with Crippen LogP contribution in [0.15, 0.2) is 97.1 Å². The zero-order valence-electron chi connectivity index (χ0n) is 39.2. The number of carbonyl (C=O) groups excluding carboxylic acids is 2. The van der Waals surface area contributed by atoms with Gasteiger partial charge in [0.25, 0.3) is 0 Å². The molecule has 0 bridgehead atoms. The van der Waals surface area contributed by atoms with Gasteiger partial charge in [-0.3, -0.25) is 9.97 Å². The van der Waals surface area contributed by atoms with Crippen molar-refractivity contribution in [2.24, 2.45) is 0 Å². The Morgan fingerprint density at radius 3 is 1.29 bits per heavy atom. The molecule has 2 fully saturated rings. The van der Waals surface area contributed by atoms with Crippen molar-refractivity contribution in [2.75, 3.05) is 23.9 Å². The van der Waals surface area contributed by atoms with Crippen LogP contribution in [0, 0.1) is 25.5 Å². The van der Waals surface area contributed by atoms with Crippen LogP contribution in [0.3, 0.4) is 0 Å². The molecule has 0 radical (unpaired) electrons. The van der Waals surface area contributed by atoms with Gasteiger partial charge in [0.05, 0.1) is 58.2 Å². The van der Waals surface area contributed by atoms with Crippen LogP contribution in [-0.2, 0) is 9.59 Å². The van der Waals surface area contributed by atoms with Crippen molar-refractivity contribution in [1.82, 2.24) is 9.97 Å². The fourth-order valence-electron chi connectivity index (χ4n) is 8.37. The molecule has 356 valence electrons. The summed E-state index contributed by atoms with van der Waals surface area (Å²) < 4.78 is 28.6. The molecule has 0 amide bonds. The number of benzene rings is 4. The molecule has 6 aromatic rings. The number of hydrogen-bond donors (Lipinski definition) is 4. The molecule has 2 aromatic heterocycles. The minimum Gasteiger partial charge on any atom is -0.550 e. The quantitative estimate of drug-likeness (QED) is 0.0660. The second-order valence-electron chi connectivity index (χ2n) is 18.0. The molecule has 0 aliphatic heterocycles. The minimum absolute atomic E-state index is 0. The molecule has 0 saturated heterocycles. The number of rotatable bonds is 18. The standard InChI is InChI=1S/2C27H29FN2O4.Ca/c2*1-16-3-8-19(9-4-16)30(2)27-22(11-10-20(31)14-21(32)15-25(33)34)26(17-5-6-17)29-24-12-7-18(28)13-23(24)27;/h2*3-4,7-13,17,20-21,31-32H,5-6,14-15H2,1-2H3,(H,33,34);/q;;+2/p-2/b2*11-10+;/t2*20-,21-;/m11./s1. The molecule has 2 saturated carbocycles. The number of anilines is 4. The third-order valence-corrected chi connectivity index (χ3v) is 12.2. The number of aliphatic carboxylic acids is 2. The fraction of sp³-hybridized carbons (Fsp3) is 0.333. The number of pyridine rings is 2. The molecule has 0 spiro atoms. The summed E-state index contributed by atoms with van der Waals surface area (Å²) in [7, 11) is 3.83. The van der Waals surface area contributed by atoms with E-state index >= 15 is 0 Å². The van der Waals surface area contributed by atoms with Gasteiger partial charge < -0.3 is 50.0 Å². The van der Waals surface area contributed by atoms with E-state index in [1.54, 1.807) is 24.3 Å². The molecular formula is C54H56CaF2N4O8. The van der Waals surface area contributed by atoms with E-state index in [1.807, 2.05) is 86.3 Å². The number of nitrogens with zero attached hydrogens (tertiary/aromatic N) is 4. The number of carbonyl (C=O) groups is 2. The van der Waals surface area contributed by atoms with Gasteiger partial charge in [-0.1, -0.05) is 59.7 Å². The Bertz CT molecular complexity index is 2640. The third kappa shape index (κ3) is 13.9. The maximum Gasteiger partial charge on any atom is 2.00 e. The Balaban J connectivity index is 0.000000224. The Kier molecular flexibility index (Phi) is 18.1. The van der Waals surface area contributed by atoms with E-state index in [9.17, 15) is 49.0 Å². The van der Waals surface area contributed by atoms with Crippen molar-refractivity contribution >= 4 is 106 Å². The molecule has 4 atom stereocenters. The van der Waals surface area contributed by atoms with Gasteiger partial charge >= 0.3 is 37.7 Å². The first-order valence-corrected chi connectivity index (χ1v) is 22.8. The SMILES string of the molecule is Cc1ccc(N(C)c2c(/C=C/[C@@H](O)C[C@@H](O)CC(=O)[O-])c(C3CC3)nc3ccc(F)cc23)cc1.Cc1ccc(N(C)c2c(/C=C/[C@@H](O)C[C@@H](O)CC(=O)[O-])c(C3CC3)nc3ccc(F)cc23)cc1.[Ca+2]. The average Bonchev–Trinajstić information content (AvgIpc) is 4.22. The Morgan fingerprint density at radius 1 is 0.623 bits per heavy atom. The number of aromatic nitrogens is 2. The van der Waals surface area contributed by atoms with Crippen molar-refractivity contribution < 1.29 is 49.0 Å². The van der Waals surface area contributed by atoms with E-state index in [2.05, 4.69) is 0 Å².